The van der Waals surface area contributed by atoms with Crippen LogP contribution in [0.15, 0.2) is 60.7 Å². The maximum atomic E-state index is 12.2. The molecule has 1 aliphatic rings. The lowest BCUT2D eigenvalue weighted by atomic mass is 9.98. The number of anilines is 1. The lowest BCUT2D eigenvalue weighted by Gasteiger charge is -2.31. The number of piperidine rings is 1. The van der Waals surface area contributed by atoms with Gasteiger partial charge in [0.1, 0.15) is 5.75 Å². The van der Waals surface area contributed by atoms with E-state index in [1.165, 1.54) is 0 Å². The molecule has 1 aliphatic heterocycles. The normalized spacial score (nSPS) is 15.2. The summed E-state index contributed by atoms with van der Waals surface area (Å²) in [5.41, 5.74) is 0.840. The van der Waals surface area contributed by atoms with Crippen LogP contribution in [0, 0.1) is 5.92 Å². The van der Waals surface area contributed by atoms with Crippen LogP contribution in [0.25, 0.3) is 0 Å². The highest BCUT2D eigenvalue weighted by atomic mass is 16.5. The summed E-state index contributed by atoms with van der Waals surface area (Å²) in [6, 6.07) is 19.5. The lowest BCUT2D eigenvalue weighted by Crippen LogP contribution is -2.42. The first kappa shape index (κ1) is 15.4. The Labute approximate surface area is 137 Å². The number of ether oxygens (including phenoxy) is 1. The van der Waals surface area contributed by atoms with Gasteiger partial charge < -0.3 is 15.0 Å². The number of hydrogen-bond donors (Lipinski definition) is 1. The van der Waals surface area contributed by atoms with E-state index in [2.05, 4.69) is 5.32 Å². The molecule has 1 heterocycles. The summed E-state index contributed by atoms with van der Waals surface area (Å²) in [6.45, 7) is 2.28. The highest BCUT2D eigenvalue weighted by Crippen LogP contribution is 2.20. The lowest BCUT2D eigenvalue weighted by molar-refractivity contribution is 0.152. The van der Waals surface area contributed by atoms with Crippen molar-refractivity contribution in [2.45, 2.75) is 12.8 Å². The minimum Gasteiger partial charge on any atom is -0.493 e. The molecule has 0 aromatic heterocycles. The van der Waals surface area contributed by atoms with Gasteiger partial charge in [0, 0.05) is 18.8 Å². The molecule has 1 N–H and O–H groups in total. The van der Waals surface area contributed by atoms with Gasteiger partial charge >= 0.3 is 6.03 Å². The van der Waals surface area contributed by atoms with Crippen molar-refractivity contribution >= 4 is 11.7 Å². The van der Waals surface area contributed by atoms with Gasteiger partial charge in [-0.3, -0.25) is 0 Å². The van der Waals surface area contributed by atoms with Crippen molar-refractivity contribution in [1.29, 1.82) is 0 Å². The van der Waals surface area contributed by atoms with Crippen molar-refractivity contribution in [2.24, 2.45) is 5.92 Å². The van der Waals surface area contributed by atoms with Crippen molar-refractivity contribution in [1.82, 2.24) is 4.90 Å². The number of nitrogens with one attached hydrogen (secondary N) is 1. The number of amides is 2. The second-order valence-electron chi connectivity index (χ2n) is 5.85. The quantitative estimate of drug-likeness (QED) is 0.927. The van der Waals surface area contributed by atoms with Gasteiger partial charge in [0.05, 0.1) is 6.61 Å². The maximum absolute atomic E-state index is 12.2. The Kier molecular flexibility index (Phi) is 5.14. The zero-order valence-electron chi connectivity index (χ0n) is 13.2. The number of likely N-dealkylation sites (tertiary alicyclic amines) is 1. The molecule has 2 amide bonds. The van der Waals surface area contributed by atoms with Crippen LogP contribution in [-0.2, 0) is 0 Å². The molecule has 0 bridgehead atoms. The Morgan fingerprint density at radius 2 is 1.61 bits per heavy atom. The first-order chi connectivity index (χ1) is 11.3. The van der Waals surface area contributed by atoms with Crippen molar-refractivity contribution < 1.29 is 9.53 Å². The van der Waals surface area contributed by atoms with Gasteiger partial charge in [0.2, 0.25) is 0 Å². The predicted octanol–water partition coefficient (Wildman–Crippen LogP) is 4.01. The van der Waals surface area contributed by atoms with E-state index >= 15 is 0 Å². The molecule has 0 unspecified atom stereocenters. The van der Waals surface area contributed by atoms with Crippen molar-refractivity contribution in [3.8, 4) is 5.75 Å². The summed E-state index contributed by atoms with van der Waals surface area (Å²) in [5.74, 6) is 1.42. The molecule has 0 atom stereocenters. The summed E-state index contributed by atoms with van der Waals surface area (Å²) in [4.78, 5) is 14.1. The van der Waals surface area contributed by atoms with E-state index in [9.17, 15) is 4.79 Å². The Morgan fingerprint density at radius 3 is 2.26 bits per heavy atom. The molecule has 0 spiro atoms. The molecule has 4 heteroatoms. The van der Waals surface area contributed by atoms with Gasteiger partial charge in [-0.15, -0.1) is 0 Å². The van der Waals surface area contributed by atoms with Crippen LogP contribution >= 0.6 is 0 Å². The summed E-state index contributed by atoms with van der Waals surface area (Å²) in [6.07, 6.45) is 1.96. The fourth-order valence-electron chi connectivity index (χ4n) is 2.76. The predicted molar refractivity (Wildman–Crippen MR) is 91.7 cm³/mol. The van der Waals surface area contributed by atoms with Gasteiger partial charge in [0.15, 0.2) is 0 Å². The van der Waals surface area contributed by atoms with Crippen LogP contribution in [0.5, 0.6) is 5.75 Å². The third kappa shape index (κ3) is 4.49. The largest absolute Gasteiger partial charge is 0.493 e. The molecular formula is C19H22N2O2. The zero-order valence-corrected chi connectivity index (χ0v) is 13.2. The summed E-state index contributed by atoms with van der Waals surface area (Å²) >= 11 is 0. The minimum absolute atomic E-state index is 0.0152. The fraction of sp³-hybridized carbons (Fsp3) is 0.316. The SMILES string of the molecule is O=C(Nc1ccccc1)N1CCC(COc2ccccc2)CC1. The Morgan fingerprint density at radius 1 is 1.00 bits per heavy atom. The molecule has 2 aromatic carbocycles. The van der Waals surface area contributed by atoms with Gasteiger partial charge in [0.25, 0.3) is 0 Å². The molecule has 0 aliphatic carbocycles. The summed E-state index contributed by atoms with van der Waals surface area (Å²) < 4.78 is 5.82. The number of carbonyl (C=O) groups excluding carboxylic acids is 1. The number of nitrogens with zero attached hydrogens (tertiary/aromatic N) is 1. The number of urea groups is 1. The fourth-order valence-corrected chi connectivity index (χ4v) is 2.76. The Hall–Kier alpha value is -2.49. The molecule has 0 saturated carbocycles. The molecule has 1 saturated heterocycles. The first-order valence-corrected chi connectivity index (χ1v) is 8.10. The molecule has 0 radical (unpaired) electrons. The third-order valence-corrected chi connectivity index (χ3v) is 4.16. The van der Waals surface area contributed by atoms with E-state index in [0.29, 0.717) is 5.92 Å². The molecule has 3 rings (SSSR count). The number of rotatable bonds is 4. The van der Waals surface area contributed by atoms with E-state index in [1.807, 2.05) is 65.6 Å². The van der Waals surface area contributed by atoms with Crippen LogP contribution in [-0.4, -0.2) is 30.6 Å². The van der Waals surface area contributed by atoms with Crippen LogP contribution in [0.4, 0.5) is 10.5 Å². The number of carbonyl (C=O) groups is 1. The molecular weight excluding hydrogens is 288 g/mol. The van der Waals surface area contributed by atoms with E-state index < -0.39 is 0 Å². The summed E-state index contributed by atoms with van der Waals surface area (Å²) in [7, 11) is 0. The van der Waals surface area contributed by atoms with Gasteiger partial charge in [-0.05, 0) is 43.0 Å². The van der Waals surface area contributed by atoms with Crippen LogP contribution in [0.3, 0.4) is 0 Å². The standard InChI is InChI=1S/C19H22N2O2/c22-19(20-17-7-3-1-4-8-17)21-13-11-16(12-14-21)15-23-18-9-5-2-6-10-18/h1-10,16H,11-15H2,(H,20,22). The molecule has 2 aromatic rings. The number of hydrogen-bond acceptors (Lipinski definition) is 2. The Balaban J connectivity index is 1.42. The van der Waals surface area contributed by atoms with Crippen molar-refractivity contribution in [3.05, 3.63) is 60.7 Å². The van der Waals surface area contributed by atoms with Crippen LogP contribution in [0.1, 0.15) is 12.8 Å². The highest BCUT2D eigenvalue weighted by molar-refractivity contribution is 5.89. The molecule has 4 nitrogen and oxygen atoms in total. The van der Waals surface area contributed by atoms with Crippen LogP contribution < -0.4 is 10.1 Å². The smallest absolute Gasteiger partial charge is 0.321 e. The van der Waals surface area contributed by atoms with Crippen LogP contribution in [0.2, 0.25) is 0 Å². The Bertz CT molecular complexity index is 608. The summed E-state index contributed by atoms with van der Waals surface area (Å²) in [5, 5.41) is 2.94. The van der Waals surface area contributed by atoms with Crippen molar-refractivity contribution in [3.63, 3.8) is 0 Å². The average Bonchev–Trinajstić information content (AvgIpc) is 2.62. The van der Waals surface area contributed by atoms with Crippen molar-refractivity contribution in [2.75, 3.05) is 25.0 Å². The number of para-hydroxylation sites is 2. The monoisotopic (exact) mass is 310 g/mol. The highest BCUT2D eigenvalue weighted by Gasteiger charge is 2.23. The second-order valence-corrected chi connectivity index (χ2v) is 5.85. The first-order valence-electron chi connectivity index (χ1n) is 8.10. The van der Waals surface area contributed by atoms with E-state index in [1.54, 1.807) is 0 Å². The minimum atomic E-state index is -0.0152. The van der Waals surface area contributed by atoms with E-state index in [0.717, 1.165) is 44.0 Å². The topological polar surface area (TPSA) is 41.6 Å². The molecule has 120 valence electrons. The van der Waals surface area contributed by atoms with Gasteiger partial charge in [-0.25, -0.2) is 4.79 Å². The van der Waals surface area contributed by atoms with E-state index in [-0.39, 0.29) is 6.03 Å². The van der Waals surface area contributed by atoms with E-state index in [4.69, 9.17) is 4.74 Å². The zero-order chi connectivity index (χ0) is 15.9. The second kappa shape index (κ2) is 7.68. The van der Waals surface area contributed by atoms with Gasteiger partial charge in [-0.2, -0.15) is 0 Å². The third-order valence-electron chi connectivity index (χ3n) is 4.16. The number of benzene rings is 2. The molecule has 1 fully saturated rings. The maximum Gasteiger partial charge on any atom is 0.321 e. The van der Waals surface area contributed by atoms with Gasteiger partial charge in [-0.1, -0.05) is 36.4 Å². The molecule has 23 heavy (non-hydrogen) atoms. The average molecular weight is 310 g/mol.